The van der Waals surface area contributed by atoms with Crippen molar-refractivity contribution in [3.05, 3.63) is 0 Å². The molecule has 1 heterocycles. The van der Waals surface area contributed by atoms with Crippen molar-refractivity contribution >= 4 is 43.8 Å². The molecule has 0 aliphatic carbocycles. The van der Waals surface area contributed by atoms with E-state index in [2.05, 4.69) is 31.9 Å². The maximum absolute atomic E-state index is 11.1. The number of alkyl halides is 2. The van der Waals surface area contributed by atoms with E-state index >= 15 is 0 Å². The van der Waals surface area contributed by atoms with E-state index in [1.807, 2.05) is 0 Å². The fraction of sp³-hybridized carbons (Fsp3) is 0.800. The van der Waals surface area contributed by atoms with Crippen LogP contribution in [-0.2, 0) is 23.8 Å². The maximum Gasteiger partial charge on any atom is 0.303 e. The van der Waals surface area contributed by atoms with Gasteiger partial charge in [0.05, 0.1) is 10.9 Å². The molecule has 1 aliphatic rings. The third kappa shape index (κ3) is 3.93. The van der Waals surface area contributed by atoms with Crippen molar-refractivity contribution in [3.8, 4) is 0 Å². The quantitative estimate of drug-likeness (QED) is 0.545. The second-order valence-electron chi connectivity index (χ2n) is 3.78. The van der Waals surface area contributed by atoms with Gasteiger partial charge in [-0.2, -0.15) is 0 Å². The van der Waals surface area contributed by atoms with Crippen LogP contribution in [0.3, 0.4) is 0 Å². The molecule has 0 aromatic carbocycles. The molecule has 98 valence electrons. The number of hydrogen-bond acceptors (Lipinski definition) is 5. The highest BCUT2D eigenvalue weighted by Gasteiger charge is 2.46. The summed E-state index contributed by atoms with van der Waals surface area (Å²) in [5.74, 6) is -0.860. The van der Waals surface area contributed by atoms with Gasteiger partial charge in [-0.05, 0) is 6.92 Å². The van der Waals surface area contributed by atoms with Gasteiger partial charge in [-0.15, -0.1) is 0 Å². The highest BCUT2D eigenvalue weighted by atomic mass is 79.9. The smallest absolute Gasteiger partial charge is 0.303 e. The van der Waals surface area contributed by atoms with E-state index in [0.717, 1.165) is 0 Å². The summed E-state index contributed by atoms with van der Waals surface area (Å²) >= 11 is 6.68. The van der Waals surface area contributed by atoms with Gasteiger partial charge in [0.1, 0.15) is 5.01 Å². The summed E-state index contributed by atoms with van der Waals surface area (Å²) < 4.78 is 15.9. The number of halogens is 2. The molecule has 0 bridgehead atoms. The summed E-state index contributed by atoms with van der Waals surface area (Å²) in [7, 11) is 0. The first-order chi connectivity index (χ1) is 7.82. The summed E-state index contributed by atoms with van der Waals surface area (Å²) in [5.41, 5.74) is 0. The molecule has 1 rings (SSSR count). The minimum absolute atomic E-state index is 0.285. The van der Waals surface area contributed by atoms with Crippen LogP contribution in [0.4, 0.5) is 0 Å². The topological polar surface area (TPSA) is 61.8 Å². The van der Waals surface area contributed by atoms with E-state index in [4.69, 9.17) is 14.2 Å². The lowest BCUT2D eigenvalue weighted by molar-refractivity contribution is -0.191. The van der Waals surface area contributed by atoms with E-state index in [1.54, 1.807) is 6.92 Å². The Morgan fingerprint density at radius 3 is 2.00 bits per heavy atom. The third-order valence-electron chi connectivity index (χ3n) is 2.30. The minimum atomic E-state index is -0.616. The van der Waals surface area contributed by atoms with Gasteiger partial charge in [-0.1, -0.05) is 31.9 Å². The van der Waals surface area contributed by atoms with Crippen molar-refractivity contribution in [1.29, 1.82) is 0 Å². The number of rotatable bonds is 2. The molecule has 1 saturated heterocycles. The molecule has 1 aliphatic heterocycles. The van der Waals surface area contributed by atoms with Crippen LogP contribution in [0.15, 0.2) is 0 Å². The first-order valence-electron chi connectivity index (χ1n) is 5.11. The molecule has 0 amide bonds. The van der Waals surface area contributed by atoms with Gasteiger partial charge in [0.15, 0.2) is 12.2 Å². The van der Waals surface area contributed by atoms with Crippen LogP contribution in [0.25, 0.3) is 0 Å². The predicted molar refractivity (Wildman–Crippen MR) is 67.1 cm³/mol. The van der Waals surface area contributed by atoms with Crippen LogP contribution < -0.4 is 0 Å². The second kappa shape index (κ2) is 6.15. The molecular weight excluding hydrogens is 360 g/mol. The molecule has 1 fully saturated rings. The number of ether oxygens (including phenoxy) is 3. The number of esters is 2. The van der Waals surface area contributed by atoms with E-state index in [1.165, 1.54) is 13.8 Å². The molecule has 17 heavy (non-hydrogen) atoms. The lowest BCUT2D eigenvalue weighted by Gasteiger charge is -2.40. The molecule has 0 aromatic heterocycles. The Morgan fingerprint density at radius 1 is 1.06 bits per heavy atom. The van der Waals surface area contributed by atoms with E-state index in [-0.39, 0.29) is 15.9 Å². The molecular formula is C10H14Br2O5. The summed E-state index contributed by atoms with van der Waals surface area (Å²) in [4.78, 5) is 21.8. The van der Waals surface area contributed by atoms with Crippen LogP contribution in [0.5, 0.6) is 0 Å². The van der Waals surface area contributed by atoms with Crippen molar-refractivity contribution < 1.29 is 23.8 Å². The Morgan fingerprint density at radius 2 is 1.53 bits per heavy atom. The normalized spacial score (nSPS) is 37.4. The molecule has 5 atom stereocenters. The fourth-order valence-electron chi connectivity index (χ4n) is 1.63. The zero-order chi connectivity index (χ0) is 13.2. The average molecular weight is 374 g/mol. The van der Waals surface area contributed by atoms with E-state index in [9.17, 15) is 9.59 Å². The van der Waals surface area contributed by atoms with Gasteiger partial charge in [0.25, 0.3) is 0 Å². The Kier molecular flexibility index (Phi) is 5.40. The number of carbonyl (C=O) groups excluding carboxylic acids is 2. The molecule has 7 heteroatoms. The van der Waals surface area contributed by atoms with Gasteiger partial charge < -0.3 is 14.2 Å². The highest BCUT2D eigenvalue weighted by molar-refractivity contribution is 9.12. The zero-order valence-electron chi connectivity index (χ0n) is 9.68. The molecule has 0 unspecified atom stereocenters. The maximum atomic E-state index is 11.1. The summed E-state index contributed by atoms with van der Waals surface area (Å²) in [6, 6.07) is 0. The van der Waals surface area contributed by atoms with Crippen molar-refractivity contribution in [2.75, 3.05) is 0 Å². The fourth-order valence-corrected chi connectivity index (χ4v) is 2.81. The van der Waals surface area contributed by atoms with Crippen LogP contribution >= 0.6 is 31.9 Å². The zero-order valence-corrected chi connectivity index (χ0v) is 12.9. The van der Waals surface area contributed by atoms with Crippen molar-refractivity contribution in [1.82, 2.24) is 0 Å². The second-order valence-corrected chi connectivity index (χ2v) is 5.74. The van der Waals surface area contributed by atoms with Crippen molar-refractivity contribution in [3.63, 3.8) is 0 Å². The van der Waals surface area contributed by atoms with Gasteiger partial charge in [-0.3, -0.25) is 9.59 Å². The predicted octanol–water partition coefficient (Wildman–Crippen LogP) is 1.75. The van der Waals surface area contributed by atoms with Crippen LogP contribution in [0.2, 0.25) is 0 Å². The summed E-state index contributed by atoms with van der Waals surface area (Å²) in [5, 5.41) is -0.311. The number of carbonyl (C=O) groups is 2. The standard InChI is InChI=1S/C10H14Br2O5/c1-4-8(16-5(2)13)9(17-6(3)14)7(11)10(12)15-4/h4,7-10H,1-3H3/t4-,7-,8+,9-,10+/m0/s1. The average Bonchev–Trinajstić information content (AvgIpc) is 2.19. The Balaban J connectivity index is 2.86. The largest absolute Gasteiger partial charge is 0.457 e. The third-order valence-corrected chi connectivity index (χ3v) is 4.80. The van der Waals surface area contributed by atoms with Gasteiger partial charge >= 0.3 is 11.9 Å². The molecule has 5 nitrogen and oxygen atoms in total. The minimum Gasteiger partial charge on any atom is -0.457 e. The first-order valence-corrected chi connectivity index (χ1v) is 6.94. The molecule has 0 saturated carbocycles. The van der Waals surface area contributed by atoms with Crippen molar-refractivity contribution in [2.24, 2.45) is 0 Å². The van der Waals surface area contributed by atoms with Gasteiger partial charge in [-0.25, -0.2) is 0 Å². The van der Waals surface area contributed by atoms with Gasteiger partial charge in [0.2, 0.25) is 0 Å². The molecule has 0 spiro atoms. The van der Waals surface area contributed by atoms with Crippen LogP contribution in [-0.4, -0.2) is 40.1 Å². The lowest BCUT2D eigenvalue weighted by Crippen LogP contribution is -2.55. The summed E-state index contributed by atoms with van der Waals surface area (Å²) in [6.45, 7) is 4.38. The van der Waals surface area contributed by atoms with Crippen LogP contribution in [0.1, 0.15) is 20.8 Å². The molecule has 0 aromatic rings. The van der Waals surface area contributed by atoms with E-state index in [0.29, 0.717) is 0 Å². The Hall–Kier alpha value is -0.140. The summed E-state index contributed by atoms with van der Waals surface area (Å²) in [6.07, 6.45) is -1.56. The van der Waals surface area contributed by atoms with Gasteiger partial charge in [0, 0.05) is 13.8 Å². The van der Waals surface area contributed by atoms with Crippen molar-refractivity contribution in [2.45, 2.75) is 48.9 Å². The highest BCUT2D eigenvalue weighted by Crippen LogP contribution is 2.33. The number of hydrogen-bond donors (Lipinski definition) is 0. The molecule has 0 radical (unpaired) electrons. The Bertz CT molecular complexity index is 309. The van der Waals surface area contributed by atoms with Crippen LogP contribution in [0, 0.1) is 0 Å². The monoisotopic (exact) mass is 372 g/mol. The first kappa shape index (κ1) is 14.9. The van der Waals surface area contributed by atoms with E-state index < -0.39 is 24.1 Å². The molecule has 0 N–H and O–H groups in total. The lowest BCUT2D eigenvalue weighted by atomic mass is 10.0. The SMILES string of the molecule is CC(=O)O[C@H]1[C@H](Br)[C@H](Br)O[C@@H](C)[C@H]1OC(C)=O. The Labute approximate surface area is 116 Å².